The molecule has 1 aromatic heterocycles. The molecule has 2 saturated heterocycles. The van der Waals surface area contributed by atoms with E-state index in [4.69, 9.17) is 10.5 Å². The number of halogens is 2. The quantitative estimate of drug-likeness (QED) is 0.216. The number of likely N-dealkylation sites (tertiary alicyclic amines) is 1. The fraction of sp³-hybridized carbons (Fsp3) is 0.475. The van der Waals surface area contributed by atoms with Crippen LogP contribution in [0.3, 0.4) is 0 Å². The van der Waals surface area contributed by atoms with E-state index in [0.717, 1.165) is 93.3 Å². The zero-order valence-corrected chi connectivity index (χ0v) is 34.1. The largest absolute Gasteiger partial charge is 0.453 e. The number of imidazole rings is 1. The van der Waals surface area contributed by atoms with Crippen molar-refractivity contribution in [2.45, 2.75) is 55.5 Å². The van der Waals surface area contributed by atoms with Crippen LogP contribution in [-0.4, -0.2) is 102 Å². The van der Waals surface area contributed by atoms with E-state index in [0.29, 0.717) is 18.8 Å². The zero-order valence-electron chi connectivity index (χ0n) is 32.4. The third-order valence-corrected chi connectivity index (χ3v) is 14.0. The van der Waals surface area contributed by atoms with Gasteiger partial charge in [-0.05, 0) is 87.5 Å². The van der Waals surface area contributed by atoms with Gasteiger partial charge in [0.05, 0.1) is 29.8 Å². The Morgan fingerprint density at radius 3 is 2.47 bits per heavy atom. The van der Waals surface area contributed by atoms with Gasteiger partial charge in [0.25, 0.3) is 0 Å². The van der Waals surface area contributed by atoms with Crippen LogP contribution < -0.4 is 16.0 Å². The predicted octanol–water partition coefficient (Wildman–Crippen LogP) is 4.79. The Bertz CT molecular complexity index is 2230. The van der Waals surface area contributed by atoms with Crippen molar-refractivity contribution in [3.63, 3.8) is 0 Å². The molecule has 308 valence electrons. The molecule has 3 aliphatic rings. The Morgan fingerprint density at radius 2 is 1.84 bits per heavy atom. The van der Waals surface area contributed by atoms with Crippen molar-refractivity contribution in [3.05, 3.63) is 100 Å². The molecule has 3 aromatic rings. The zero-order chi connectivity index (χ0) is 41.0. The number of piperidine rings is 1. The third kappa shape index (κ3) is 9.10. The first-order chi connectivity index (χ1) is 27.2. The summed E-state index contributed by atoms with van der Waals surface area (Å²) in [4.78, 5) is 24.8. The van der Waals surface area contributed by atoms with Gasteiger partial charge in [0.15, 0.2) is 9.84 Å². The van der Waals surface area contributed by atoms with Gasteiger partial charge >= 0.3 is 6.09 Å². The standard InChI is InChI=1S/C40H51F2N7O6S2/c1-28-45-16-19-49(28)40(31-7-4-8-32(41)21-31,35-9-5-10-37(35)46-39(50)55-2)30-13-17-47(18-14-30)25-29-26-48(27-29)38-12-11-33(22-36(38)42)57(53,54)34(23-43)24-44-15-6-20-56(3,51)52/h4,6-8,11-12,16,19-24,29-30,35,37H,5,9-10,13-15,17-18,25-27,43H2,1-3H3,(H,46,50)/b20-6+,34-23?,44-24?/t35-,37-,40?/m0/s1. The third-order valence-electron chi connectivity index (χ3n) is 11.6. The number of aryl methyl sites for hydroxylation is 1. The van der Waals surface area contributed by atoms with Crippen molar-refractivity contribution >= 4 is 37.7 Å². The van der Waals surface area contributed by atoms with Crippen LogP contribution in [0.15, 0.2) is 87.3 Å². The molecule has 13 nitrogen and oxygen atoms in total. The number of aliphatic imine (C=N–C) groups is 1. The van der Waals surface area contributed by atoms with Gasteiger partial charge in [0.1, 0.15) is 22.4 Å². The molecule has 3 heterocycles. The van der Waals surface area contributed by atoms with Gasteiger partial charge < -0.3 is 30.2 Å². The van der Waals surface area contributed by atoms with Crippen LogP contribution in [0.5, 0.6) is 0 Å². The first-order valence-electron chi connectivity index (χ1n) is 19.1. The maximum atomic E-state index is 15.5. The molecule has 1 amide bonds. The Morgan fingerprint density at radius 1 is 1.09 bits per heavy atom. The number of amides is 1. The number of sulfone groups is 2. The SMILES string of the molecule is COC(=O)N[C@H]1CCC[C@@H]1C(c1cccc(F)c1)(C1CCN(CC2CN(c3ccc(S(=O)(=O)C(C=NC/C=C/S(C)(=O)=O)=CN)cc3F)C2)CC1)n1ccnc1C. The number of aromatic nitrogens is 2. The van der Waals surface area contributed by atoms with Crippen LogP contribution in [0.25, 0.3) is 0 Å². The lowest BCUT2D eigenvalue weighted by atomic mass is 9.64. The molecule has 1 saturated carbocycles. The number of alkyl carbamates (subject to hydrolysis) is 1. The van der Waals surface area contributed by atoms with Gasteiger partial charge in [-0.25, -0.2) is 35.4 Å². The number of nitrogens with one attached hydrogen (secondary N) is 1. The molecule has 3 N–H and O–H groups in total. The van der Waals surface area contributed by atoms with Crippen LogP contribution in [0.1, 0.15) is 43.5 Å². The number of hydrogen-bond donors (Lipinski definition) is 2. The summed E-state index contributed by atoms with van der Waals surface area (Å²) in [7, 11) is -6.17. The van der Waals surface area contributed by atoms with Crippen molar-refractivity contribution in [2.75, 3.05) is 57.5 Å². The number of nitrogens with zero attached hydrogens (tertiary/aromatic N) is 5. The van der Waals surface area contributed by atoms with E-state index in [1.54, 1.807) is 18.3 Å². The normalized spacial score (nSPS) is 21.6. The monoisotopic (exact) mass is 827 g/mol. The molecule has 3 atom stereocenters. The van der Waals surface area contributed by atoms with E-state index in [-0.39, 0.29) is 46.0 Å². The van der Waals surface area contributed by atoms with Gasteiger partial charge in [-0.3, -0.25) is 4.99 Å². The molecule has 6 rings (SSSR count). The van der Waals surface area contributed by atoms with Crippen LogP contribution in [0, 0.1) is 36.3 Å². The van der Waals surface area contributed by atoms with Crippen molar-refractivity contribution < 1.29 is 35.1 Å². The molecule has 1 unspecified atom stereocenters. The maximum Gasteiger partial charge on any atom is 0.407 e. The number of allylic oxidation sites excluding steroid dienone is 1. The molecule has 17 heteroatoms. The number of benzene rings is 2. The summed E-state index contributed by atoms with van der Waals surface area (Å²) in [6.45, 7) is 5.53. The second kappa shape index (κ2) is 17.5. The summed E-state index contributed by atoms with van der Waals surface area (Å²) >= 11 is 0. The molecule has 0 radical (unpaired) electrons. The molecular formula is C40H51F2N7O6S2. The summed E-state index contributed by atoms with van der Waals surface area (Å²) in [6.07, 6.45) is 11.7. The average Bonchev–Trinajstić information content (AvgIpc) is 3.81. The number of ether oxygens (including phenoxy) is 1. The molecule has 0 bridgehead atoms. The van der Waals surface area contributed by atoms with Crippen LogP contribution in [-0.2, 0) is 30.0 Å². The minimum absolute atomic E-state index is 0.0403. The highest BCUT2D eigenvalue weighted by Crippen LogP contribution is 2.52. The lowest BCUT2D eigenvalue weighted by Crippen LogP contribution is -2.58. The Balaban J connectivity index is 1.12. The smallest absolute Gasteiger partial charge is 0.407 e. The highest BCUT2D eigenvalue weighted by molar-refractivity contribution is 7.96. The number of anilines is 1. The van der Waals surface area contributed by atoms with Crippen molar-refractivity contribution in [1.82, 2.24) is 19.8 Å². The molecule has 3 fully saturated rings. The molecule has 57 heavy (non-hydrogen) atoms. The van der Waals surface area contributed by atoms with Crippen LogP contribution in [0.2, 0.25) is 0 Å². The first-order valence-corrected chi connectivity index (χ1v) is 22.5. The van der Waals surface area contributed by atoms with Crippen LogP contribution >= 0.6 is 0 Å². The topological polar surface area (TPSA) is 169 Å². The van der Waals surface area contributed by atoms with E-state index >= 15 is 8.78 Å². The summed E-state index contributed by atoms with van der Waals surface area (Å²) < 4.78 is 86.7. The minimum atomic E-state index is -4.19. The summed E-state index contributed by atoms with van der Waals surface area (Å²) in [6, 6.07) is 10.5. The number of nitrogens with two attached hydrogens (primary N) is 1. The van der Waals surface area contributed by atoms with E-state index in [2.05, 4.69) is 24.8 Å². The van der Waals surface area contributed by atoms with E-state index < -0.39 is 37.1 Å². The summed E-state index contributed by atoms with van der Waals surface area (Å²) in [5.74, 6) is 0.172. The van der Waals surface area contributed by atoms with E-state index in [9.17, 15) is 21.6 Å². The summed E-state index contributed by atoms with van der Waals surface area (Å²) in [5.41, 5.74) is 6.07. The first kappa shape index (κ1) is 42.0. The Kier molecular flexibility index (Phi) is 12.9. The van der Waals surface area contributed by atoms with Gasteiger partial charge in [-0.15, -0.1) is 0 Å². The fourth-order valence-corrected chi connectivity index (χ4v) is 10.7. The highest BCUT2D eigenvalue weighted by atomic mass is 32.2. The Labute approximate surface area is 333 Å². The predicted molar refractivity (Wildman–Crippen MR) is 215 cm³/mol. The fourth-order valence-electron chi connectivity index (χ4n) is 9.12. The van der Waals surface area contributed by atoms with Crippen molar-refractivity contribution in [2.24, 2.45) is 28.5 Å². The molecule has 2 aliphatic heterocycles. The van der Waals surface area contributed by atoms with Crippen molar-refractivity contribution in [3.8, 4) is 0 Å². The molecule has 2 aromatic carbocycles. The summed E-state index contributed by atoms with van der Waals surface area (Å²) in [5, 5.41) is 4.07. The average molecular weight is 828 g/mol. The van der Waals surface area contributed by atoms with E-state index in [1.807, 2.05) is 24.1 Å². The molecule has 0 spiro atoms. The highest BCUT2D eigenvalue weighted by Gasteiger charge is 2.54. The van der Waals surface area contributed by atoms with Gasteiger partial charge in [-0.1, -0.05) is 24.6 Å². The number of hydrogen-bond acceptors (Lipinski definition) is 11. The number of carbonyl (C=O) groups is 1. The van der Waals surface area contributed by atoms with Gasteiger partial charge in [0.2, 0.25) is 9.84 Å². The van der Waals surface area contributed by atoms with Crippen LogP contribution in [0.4, 0.5) is 19.3 Å². The number of methoxy groups -OCH3 is 1. The second-order valence-corrected chi connectivity index (χ2v) is 19.1. The van der Waals surface area contributed by atoms with Crippen molar-refractivity contribution in [1.29, 1.82) is 0 Å². The number of carbonyl (C=O) groups excluding carboxylic acids is 1. The van der Waals surface area contributed by atoms with Gasteiger partial charge in [0, 0.05) is 74.0 Å². The minimum Gasteiger partial charge on any atom is -0.453 e. The maximum absolute atomic E-state index is 15.5. The lowest BCUT2D eigenvalue weighted by Gasteiger charge is -2.52. The van der Waals surface area contributed by atoms with Gasteiger partial charge in [-0.2, -0.15) is 0 Å². The molecule has 1 aliphatic carbocycles. The molecular weight excluding hydrogens is 777 g/mol. The Hall–Kier alpha value is -4.61. The lowest BCUT2D eigenvalue weighted by molar-refractivity contribution is 0.0457. The second-order valence-electron chi connectivity index (χ2n) is 15.2. The van der Waals surface area contributed by atoms with E-state index in [1.165, 1.54) is 31.4 Å². The number of rotatable bonds is 14.